The highest BCUT2D eigenvalue weighted by Crippen LogP contribution is 2.16. The second-order valence-electron chi connectivity index (χ2n) is 3.07. The van der Waals surface area contributed by atoms with E-state index in [0.717, 1.165) is 0 Å². The van der Waals surface area contributed by atoms with Crippen molar-refractivity contribution in [1.82, 2.24) is 4.98 Å². The van der Waals surface area contributed by atoms with E-state index in [1.165, 1.54) is 0 Å². The van der Waals surface area contributed by atoms with Crippen molar-refractivity contribution >= 4 is 17.5 Å². The normalized spacial score (nSPS) is 9.33. The van der Waals surface area contributed by atoms with E-state index >= 15 is 0 Å². The maximum absolute atomic E-state index is 10.6. The van der Waals surface area contributed by atoms with Crippen LogP contribution < -0.4 is 0 Å². The Balaban J connectivity index is 2.59. The molecule has 15 heavy (non-hydrogen) atoms. The fraction of sp³-hybridized carbons (Fsp3) is 0.273. The Hall–Kier alpha value is -1.93. The van der Waals surface area contributed by atoms with Gasteiger partial charge in [0.1, 0.15) is 5.94 Å². The van der Waals surface area contributed by atoms with Gasteiger partial charge < -0.3 is 5.11 Å². The summed E-state index contributed by atoms with van der Waals surface area (Å²) in [6, 6.07) is 3.48. The molecule has 0 fully saturated rings. The van der Waals surface area contributed by atoms with Crippen LogP contribution in [0.25, 0.3) is 5.57 Å². The minimum absolute atomic E-state index is 0.0610. The summed E-state index contributed by atoms with van der Waals surface area (Å²) < 4.78 is 0. The third-order valence-electron chi connectivity index (χ3n) is 1.95. The van der Waals surface area contributed by atoms with E-state index < -0.39 is 5.97 Å². The minimum Gasteiger partial charge on any atom is -0.481 e. The lowest BCUT2D eigenvalue weighted by Gasteiger charge is -2.00. The molecule has 0 saturated heterocycles. The summed E-state index contributed by atoms with van der Waals surface area (Å²) in [5.41, 5.74) is 1.18. The van der Waals surface area contributed by atoms with Gasteiger partial charge in [0.05, 0.1) is 0 Å². The van der Waals surface area contributed by atoms with E-state index in [2.05, 4.69) is 4.98 Å². The molecule has 1 N–H and O–H groups in total. The number of hydrogen-bond donors (Lipinski definition) is 1. The van der Waals surface area contributed by atoms with E-state index in [4.69, 9.17) is 5.11 Å². The number of nitrogens with zero attached hydrogens (tertiary/aromatic N) is 1. The Morgan fingerprint density at radius 2 is 2.27 bits per heavy atom. The molecule has 1 rings (SSSR count). The van der Waals surface area contributed by atoms with Crippen molar-refractivity contribution in [3.05, 3.63) is 30.1 Å². The van der Waals surface area contributed by atoms with Crippen LogP contribution in [0.2, 0.25) is 0 Å². The number of pyridine rings is 1. The number of allylic oxidation sites excluding steroid dienone is 1. The molecular weight excluding hydrogens is 194 g/mol. The quantitative estimate of drug-likeness (QED) is 0.740. The van der Waals surface area contributed by atoms with E-state index in [0.29, 0.717) is 24.0 Å². The number of rotatable bonds is 5. The lowest BCUT2D eigenvalue weighted by Crippen LogP contribution is -1.95. The SMILES string of the molecule is O=C=C(CCCC(=O)O)c1cccnc1. The second-order valence-corrected chi connectivity index (χ2v) is 3.07. The highest BCUT2D eigenvalue weighted by Gasteiger charge is 2.04. The molecule has 0 spiro atoms. The van der Waals surface area contributed by atoms with Crippen LogP contribution in [0.15, 0.2) is 24.5 Å². The van der Waals surface area contributed by atoms with Crippen molar-refractivity contribution < 1.29 is 14.7 Å². The first kappa shape index (κ1) is 11.1. The fourth-order valence-electron chi connectivity index (χ4n) is 1.21. The van der Waals surface area contributed by atoms with Gasteiger partial charge in [-0.25, -0.2) is 4.79 Å². The molecule has 0 unspecified atom stereocenters. The summed E-state index contributed by atoms with van der Waals surface area (Å²) >= 11 is 0. The lowest BCUT2D eigenvalue weighted by atomic mass is 10.0. The van der Waals surface area contributed by atoms with Gasteiger partial charge in [0.2, 0.25) is 0 Å². The minimum atomic E-state index is -0.855. The Morgan fingerprint density at radius 3 is 2.80 bits per heavy atom. The van der Waals surface area contributed by atoms with Crippen LogP contribution in [0.5, 0.6) is 0 Å². The van der Waals surface area contributed by atoms with Gasteiger partial charge in [-0.1, -0.05) is 6.07 Å². The molecule has 4 nitrogen and oxygen atoms in total. The van der Waals surface area contributed by atoms with Crippen LogP contribution in [0.1, 0.15) is 24.8 Å². The Bertz CT molecular complexity index is 380. The summed E-state index contributed by atoms with van der Waals surface area (Å²) in [7, 11) is 0. The van der Waals surface area contributed by atoms with E-state index in [-0.39, 0.29) is 6.42 Å². The molecule has 0 atom stereocenters. The predicted octanol–water partition coefficient (Wildman–Crippen LogP) is 1.55. The van der Waals surface area contributed by atoms with Gasteiger partial charge in [0.25, 0.3) is 0 Å². The zero-order valence-electron chi connectivity index (χ0n) is 8.14. The second kappa shape index (κ2) is 5.73. The molecule has 0 aliphatic carbocycles. The topological polar surface area (TPSA) is 67.3 Å². The summed E-state index contributed by atoms with van der Waals surface area (Å²) in [4.78, 5) is 24.8. The number of hydrogen-bond acceptors (Lipinski definition) is 3. The molecule has 1 aromatic rings. The molecule has 4 heteroatoms. The lowest BCUT2D eigenvalue weighted by molar-refractivity contribution is -0.137. The van der Waals surface area contributed by atoms with Gasteiger partial charge in [-0.05, 0) is 18.9 Å². The number of carbonyl (C=O) groups is 1. The summed E-state index contributed by atoms with van der Waals surface area (Å²) in [6.07, 6.45) is 4.10. The maximum atomic E-state index is 10.6. The van der Waals surface area contributed by atoms with Gasteiger partial charge >= 0.3 is 5.97 Å². The monoisotopic (exact) mass is 205 g/mol. The molecule has 78 valence electrons. The third-order valence-corrected chi connectivity index (χ3v) is 1.95. The summed E-state index contributed by atoms with van der Waals surface area (Å²) in [5.74, 6) is 0.971. The molecule has 0 bridgehead atoms. The average molecular weight is 205 g/mol. The predicted molar refractivity (Wildman–Crippen MR) is 54.8 cm³/mol. The number of aromatic nitrogens is 1. The van der Waals surface area contributed by atoms with Crippen molar-refractivity contribution in [2.24, 2.45) is 0 Å². The first-order valence-electron chi connectivity index (χ1n) is 4.60. The Kier molecular flexibility index (Phi) is 4.26. The Labute approximate surface area is 87.3 Å². The summed E-state index contributed by atoms with van der Waals surface area (Å²) in [6.45, 7) is 0. The first-order chi connectivity index (χ1) is 7.24. The van der Waals surface area contributed by atoms with Gasteiger partial charge in [-0.2, -0.15) is 0 Å². The fourth-order valence-corrected chi connectivity index (χ4v) is 1.21. The maximum Gasteiger partial charge on any atom is 0.303 e. The number of carboxylic acids is 1. The molecule has 0 amide bonds. The third kappa shape index (κ3) is 3.75. The molecule has 0 aliphatic heterocycles. The van der Waals surface area contributed by atoms with E-state index in [1.54, 1.807) is 24.5 Å². The van der Waals surface area contributed by atoms with Crippen molar-refractivity contribution in [2.45, 2.75) is 19.3 Å². The molecule has 1 heterocycles. The first-order valence-corrected chi connectivity index (χ1v) is 4.60. The van der Waals surface area contributed by atoms with Crippen molar-refractivity contribution in [1.29, 1.82) is 0 Å². The van der Waals surface area contributed by atoms with Crippen LogP contribution >= 0.6 is 0 Å². The highest BCUT2D eigenvalue weighted by molar-refractivity contribution is 5.87. The number of aliphatic carboxylic acids is 1. The van der Waals surface area contributed by atoms with Gasteiger partial charge in [-0.15, -0.1) is 0 Å². The van der Waals surface area contributed by atoms with Gasteiger partial charge in [-0.3, -0.25) is 9.78 Å². The van der Waals surface area contributed by atoms with Crippen LogP contribution in [-0.4, -0.2) is 22.0 Å². The number of carbonyl (C=O) groups excluding carboxylic acids is 1. The van der Waals surface area contributed by atoms with E-state index in [9.17, 15) is 9.59 Å². The van der Waals surface area contributed by atoms with Crippen molar-refractivity contribution in [3.63, 3.8) is 0 Å². The molecule has 0 aliphatic rings. The molecule has 1 aromatic heterocycles. The average Bonchev–Trinajstić information content (AvgIpc) is 2.25. The highest BCUT2D eigenvalue weighted by atomic mass is 16.4. The van der Waals surface area contributed by atoms with Crippen LogP contribution in [0.4, 0.5) is 0 Å². The number of carboxylic acid groups (broad SMARTS) is 1. The van der Waals surface area contributed by atoms with Crippen molar-refractivity contribution in [3.8, 4) is 0 Å². The summed E-state index contributed by atoms with van der Waals surface area (Å²) in [5, 5.41) is 8.45. The van der Waals surface area contributed by atoms with Gasteiger partial charge in [0, 0.05) is 30.0 Å². The van der Waals surface area contributed by atoms with Crippen LogP contribution in [0.3, 0.4) is 0 Å². The molecule has 0 aromatic carbocycles. The Morgan fingerprint density at radius 1 is 1.47 bits per heavy atom. The van der Waals surface area contributed by atoms with E-state index in [1.807, 2.05) is 5.94 Å². The zero-order valence-corrected chi connectivity index (χ0v) is 8.14. The molecular formula is C11H11NO3. The smallest absolute Gasteiger partial charge is 0.303 e. The largest absolute Gasteiger partial charge is 0.481 e. The van der Waals surface area contributed by atoms with Crippen LogP contribution in [-0.2, 0) is 9.59 Å². The standard InChI is InChI=1S/C11H11NO3/c13-8-10(3-1-5-11(14)15)9-4-2-6-12-7-9/h2,4,6-7H,1,3,5H2,(H,14,15). The van der Waals surface area contributed by atoms with Crippen molar-refractivity contribution in [2.75, 3.05) is 0 Å². The van der Waals surface area contributed by atoms with Crippen LogP contribution in [0, 0.1) is 0 Å². The molecule has 0 saturated carbocycles. The molecule has 0 radical (unpaired) electrons. The van der Waals surface area contributed by atoms with Gasteiger partial charge in [0.15, 0.2) is 0 Å². The zero-order chi connectivity index (χ0) is 11.1.